The summed E-state index contributed by atoms with van der Waals surface area (Å²) in [6.07, 6.45) is 1.08. The van der Waals surface area contributed by atoms with Gasteiger partial charge in [-0.05, 0) is 22.0 Å². The molecule has 0 bridgehead atoms. The molecule has 1 aromatic carbocycles. The molecule has 1 aliphatic rings. The Hall–Kier alpha value is -1.44. The minimum Gasteiger partial charge on any atom is -0.395 e. The summed E-state index contributed by atoms with van der Waals surface area (Å²) in [6, 6.07) is 2.45. The molecule has 8 heteroatoms. The van der Waals surface area contributed by atoms with E-state index < -0.39 is 17.6 Å². The van der Waals surface area contributed by atoms with E-state index in [2.05, 4.69) is 21.2 Å². The molecule has 0 spiro atoms. The number of carbonyl (C=O) groups excluding carboxylic acids is 2. The number of rotatable bonds is 4. The van der Waals surface area contributed by atoms with Crippen LogP contribution in [0.2, 0.25) is 5.02 Å². The Bertz CT molecular complexity index is 621. The highest BCUT2D eigenvalue weighted by Crippen LogP contribution is 2.30. The Labute approximate surface area is 127 Å². The van der Waals surface area contributed by atoms with Gasteiger partial charge in [-0.2, -0.15) is 0 Å². The average molecular weight is 364 g/mol. The van der Waals surface area contributed by atoms with Crippen LogP contribution in [0, 0.1) is 5.82 Å². The second kappa shape index (κ2) is 5.90. The van der Waals surface area contributed by atoms with Crippen molar-refractivity contribution in [3.05, 3.63) is 39.2 Å². The predicted octanol–water partition coefficient (Wildman–Crippen LogP) is 1.90. The molecular formula is C12H9BrClFN2O3. The van der Waals surface area contributed by atoms with E-state index >= 15 is 0 Å². The van der Waals surface area contributed by atoms with Gasteiger partial charge in [-0.3, -0.25) is 14.5 Å². The van der Waals surface area contributed by atoms with E-state index in [1.54, 1.807) is 0 Å². The lowest BCUT2D eigenvalue weighted by Gasteiger charge is -2.14. The van der Waals surface area contributed by atoms with Gasteiger partial charge >= 0.3 is 0 Å². The van der Waals surface area contributed by atoms with E-state index in [0.717, 1.165) is 17.0 Å². The highest BCUT2D eigenvalue weighted by Gasteiger charge is 2.30. The van der Waals surface area contributed by atoms with Crippen molar-refractivity contribution in [2.24, 2.45) is 0 Å². The normalized spacial score (nSPS) is 14.8. The average Bonchev–Trinajstić information content (AvgIpc) is 2.64. The summed E-state index contributed by atoms with van der Waals surface area (Å²) in [5, 5.41) is 11.6. The fourth-order valence-corrected chi connectivity index (χ4v) is 2.36. The lowest BCUT2D eigenvalue weighted by molar-refractivity contribution is -0.137. The third-order valence-electron chi connectivity index (χ3n) is 2.61. The second-order valence-corrected chi connectivity index (χ2v) is 5.21. The first-order valence-electron chi connectivity index (χ1n) is 5.54. The molecule has 0 saturated carbocycles. The molecule has 1 heterocycles. The molecule has 0 fully saturated rings. The number of carbonyl (C=O) groups is 2. The van der Waals surface area contributed by atoms with Crippen LogP contribution in [0.5, 0.6) is 0 Å². The summed E-state index contributed by atoms with van der Waals surface area (Å²) < 4.78 is 13.6. The number of nitrogens with zero attached hydrogens (tertiary/aromatic N) is 1. The van der Waals surface area contributed by atoms with Gasteiger partial charge in [0.1, 0.15) is 11.5 Å². The topological polar surface area (TPSA) is 69.6 Å². The molecule has 2 rings (SSSR count). The van der Waals surface area contributed by atoms with Gasteiger partial charge in [-0.15, -0.1) is 0 Å². The second-order valence-electron chi connectivity index (χ2n) is 3.95. The van der Waals surface area contributed by atoms with Gasteiger partial charge in [-0.1, -0.05) is 11.6 Å². The van der Waals surface area contributed by atoms with E-state index in [1.807, 2.05) is 0 Å². The number of nitrogens with one attached hydrogen (secondary N) is 1. The number of imide groups is 1. The molecule has 5 nitrogen and oxygen atoms in total. The van der Waals surface area contributed by atoms with Crippen LogP contribution in [0.3, 0.4) is 0 Å². The molecule has 0 radical (unpaired) electrons. The van der Waals surface area contributed by atoms with E-state index in [4.69, 9.17) is 16.7 Å². The van der Waals surface area contributed by atoms with Crippen molar-refractivity contribution in [3.63, 3.8) is 0 Å². The third-order valence-corrected chi connectivity index (χ3v) is 3.53. The number of benzene rings is 1. The number of amides is 2. The van der Waals surface area contributed by atoms with Crippen LogP contribution in [0.1, 0.15) is 0 Å². The standard InChI is InChI=1S/C12H9BrClFN2O3/c13-6-3-7(14)9(4-8(6)15)16-10-5-11(19)17(1-2-18)12(10)20/h3-5,16,18H,1-2H2. The number of halogens is 3. The first-order chi connectivity index (χ1) is 9.43. The van der Waals surface area contributed by atoms with Crippen LogP contribution >= 0.6 is 27.5 Å². The number of β-amino-alcohol motifs (C(OH)–C–C–N with tert-alkyl or cyclic N) is 1. The Kier molecular flexibility index (Phi) is 4.42. The van der Waals surface area contributed by atoms with Crippen LogP contribution in [0.4, 0.5) is 10.1 Å². The lowest BCUT2D eigenvalue weighted by atomic mass is 10.3. The van der Waals surface area contributed by atoms with Crippen LogP contribution in [-0.2, 0) is 9.59 Å². The first kappa shape index (κ1) is 15.0. The fourth-order valence-electron chi connectivity index (χ4n) is 1.67. The minimum atomic E-state index is -0.594. The zero-order valence-corrected chi connectivity index (χ0v) is 12.3. The zero-order valence-electron chi connectivity index (χ0n) is 9.99. The molecule has 0 unspecified atom stereocenters. The smallest absolute Gasteiger partial charge is 0.277 e. The number of aliphatic hydroxyl groups excluding tert-OH is 1. The SMILES string of the molecule is O=C1C=C(Nc2cc(F)c(Br)cc2Cl)C(=O)N1CCO. The highest BCUT2D eigenvalue weighted by molar-refractivity contribution is 9.10. The lowest BCUT2D eigenvalue weighted by Crippen LogP contribution is -2.34. The van der Waals surface area contributed by atoms with Gasteiger partial charge in [0.15, 0.2) is 0 Å². The van der Waals surface area contributed by atoms with Gasteiger partial charge < -0.3 is 10.4 Å². The molecule has 1 aliphatic heterocycles. The maximum absolute atomic E-state index is 13.4. The van der Waals surface area contributed by atoms with Crippen LogP contribution in [-0.4, -0.2) is 35.0 Å². The minimum absolute atomic E-state index is 0.0212. The molecule has 1 aromatic rings. The Morgan fingerprint density at radius 2 is 2.10 bits per heavy atom. The van der Waals surface area contributed by atoms with Crippen molar-refractivity contribution in [3.8, 4) is 0 Å². The predicted molar refractivity (Wildman–Crippen MR) is 74.6 cm³/mol. The Morgan fingerprint density at radius 1 is 1.40 bits per heavy atom. The molecule has 0 saturated heterocycles. The molecule has 0 aliphatic carbocycles. The van der Waals surface area contributed by atoms with Crippen molar-refractivity contribution >= 4 is 45.0 Å². The monoisotopic (exact) mass is 362 g/mol. The van der Waals surface area contributed by atoms with E-state index in [1.165, 1.54) is 6.07 Å². The number of anilines is 1. The van der Waals surface area contributed by atoms with Gasteiger partial charge in [0.05, 0.1) is 28.3 Å². The van der Waals surface area contributed by atoms with E-state index in [0.29, 0.717) is 0 Å². The summed E-state index contributed by atoms with van der Waals surface area (Å²) in [7, 11) is 0. The molecule has 2 amide bonds. The molecule has 2 N–H and O–H groups in total. The van der Waals surface area contributed by atoms with Crippen LogP contribution < -0.4 is 5.32 Å². The highest BCUT2D eigenvalue weighted by atomic mass is 79.9. The largest absolute Gasteiger partial charge is 0.395 e. The zero-order chi connectivity index (χ0) is 14.9. The van der Waals surface area contributed by atoms with Crippen molar-refractivity contribution in [2.75, 3.05) is 18.5 Å². The van der Waals surface area contributed by atoms with Gasteiger partial charge in [0.2, 0.25) is 0 Å². The molecule has 106 valence electrons. The number of hydrogen-bond acceptors (Lipinski definition) is 4. The summed E-state index contributed by atoms with van der Waals surface area (Å²) in [6.45, 7) is -0.423. The fraction of sp³-hybridized carbons (Fsp3) is 0.167. The van der Waals surface area contributed by atoms with Gasteiger partial charge in [-0.25, -0.2) is 4.39 Å². The van der Waals surface area contributed by atoms with E-state index in [9.17, 15) is 14.0 Å². The first-order valence-corrected chi connectivity index (χ1v) is 6.71. The summed E-state index contributed by atoms with van der Waals surface area (Å²) >= 11 is 8.91. The molecular weight excluding hydrogens is 354 g/mol. The maximum Gasteiger partial charge on any atom is 0.277 e. The Morgan fingerprint density at radius 3 is 2.75 bits per heavy atom. The summed E-state index contributed by atoms with van der Waals surface area (Å²) in [5.74, 6) is -1.69. The number of hydrogen-bond donors (Lipinski definition) is 2. The van der Waals surface area contributed by atoms with Crippen molar-refractivity contribution < 1.29 is 19.1 Å². The summed E-state index contributed by atoms with van der Waals surface area (Å²) in [5.41, 5.74) is 0.151. The van der Waals surface area contributed by atoms with Crippen molar-refractivity contribution in [2.45, 2.75) is 0 Å². The van der Waals surface area contributed by atoms with Crippen LogP contribution in [0.25, 0.3) is 0 Å². The summed E-state index contributed by atoms with van der Waals surface area (Å²) in [4.78, 5) is 24.3. The third kappa shape index (κ3) is 2.84. The quantitative estimate of drug-likeness (QED) is 0.633. The van der Waals surface area contributed by atoms with Crippen molar-refractivity contribution in [1.29, 1.82) is 0 Å². The Balaban J connectivity index is 2.23. The molecule has 0 atom stereocenters. The van der Waals surface area contributed by atoms with Crippen LogP contribution in [0.15, 0.2) is 28.4 Å². The van der Waals surface area contributed by atoms with Gasteiger partial charge in [0, 0.05) is 12.1 Å². The maximum atomic E-state index is 13.4. The molecule has 20 heavy (non-hydrogen) atoms. The molecule has 0 aromatic heterocycles. The van der Waals surface area contributed by atoms with Crippen molar-refractivity contribution in [1.82, 2.24) is 4.90 Å². The van der Waals surface area contributed by atoms with E-state index in [-0.39, 0.29) is 34.0 Å². The number of aliphatic hydroxyl groups is 1. The van der Waals surface area contributed by atoms with Gasteiger partial charge in [0.25, 0.3) is 11.8 Å².